The molecule has 0 aliphatic carbocycles. The van der Waals surface area contributed by atoms with Crippen molar-refractivity contribution in [2.75, 3.05) is 6.61 Å². The molecule has 0 saturated heterocycles. The maximum absolute atomic E-state index is 9.36. The van der Waals surface area contributed by atoms with Crippen LogP contribution in [0.1, 0.15) is 16.7 Å². The molecule has 1 aromatic carbocycles. The summed E-state index contributed by atoms with van der Waals surface area (Å²) in [7, 11) is 0. The van der Waals surface area contributed by atoms with Gasteiger partial charge in [-0.3, -0.25) is 4.98 Å². The Labute approximate surface area is 117 Å². The quantitative estimate of drug-likeness (QED) is 0.844. The van der Waals surface area contributed by atoms with Crippen molar-refractivity contribution >= 4 is 11.3 Å². The third kappa shape index (κ3) is 2.10. The maximum atomic E-state index is 9.36. The largest absolute Gasteiger partial charge is 0.493 e. The van der Waals surface area contributed by atoms with Crippen LogP contribution in [0.25, 0.3) is 11.3 Å². The molecule has 1 aliphatic rings. The van der Waals surface area contributed by atoms with Gasteiger partial charge in [-0.2, -0.15) is 5.26 Å². The second-order valence-corrected chi connectivity index (χ2v) is 4.56. The van der Waals surface area contributed by atoms with Crippen LogP contribution < -0.4 is 10.5 Å². The monoisotopic (exact) mass is 263 g/mol. The summed E-state index contributed by atoms with van der Waals surface area (Å²) in [6.45, 7) is 0.704. The third-order valence-corrected chi connectivity index (χ3v) is 3.33. The number of rotatable bonds is 2. The van der Waals surface area contributed by atoms with Crippen molar-refractivity contribution < 1.29 is 4.74 Å². The molecule has 2 N–H and O–H groups in total. The van der Waals surface area contributed by atoms with Gasteiger partial charge in [0.1, 0.15) is 11.8 Å². The fourth-order valence-corrected chi connectivity index (χ4v) is 2.29. The van der Waals surface area contributed by atoms with E-state index in [1.165, 1.54) is 0 Å². The van der Waals surface area contributed by atoms with E-state index in [0.29, 0.717) is 17.9 Å². The predicted octanol–water partition coefficient (Wildman–Crippen LogP) is 2.37. The Morgan fingerprint density at radius 1 is 1.30 bits per heavy atom. The average Bonchev–Trinajstić information content (AvgIpc) is 2.96. The smallest absolute Gasteiger partial charge is 0.122 e. The summed E-state index contributed by atoms with van der Waals surface area (Å²) < 4.78 is 5.47. The highest BCUT2D eigenvalue weighted by molar-refractivity contribution is 5.95. The van der Waals surface area contributed by atoms with Crippen molar-refractivity contribution in [3.8, 4) is 11.8 Å². The van der Waals surface area contributed by atoms with Gasteiger partial charge >= 0.3 is 0 Å². The number of ether oxygens (including phenoxy) is 1. The Balaban J connectivity index is 2.08. The number of allylic oxidation sites excluding steroid dienone is 1. The Kier molecular flexibility index (Phi) is 3.10. The summed E-state index contributed by atoms with van der Waals surface area (Å²) in [5.74, 6) is 0.904. The van der Waals surface area contributed by atoms with Gasteiger partial charge in [0.2, 0.25) is 0 Å². The first-order valence-electron chi connectivity index (χ1n) is 6.36. The third-order valence-electron chi connectivity index (χ3n) is 3.33. The molecule has 0 saturated carbocycles. The summed E-state index contributed by atoms with van der Waals surface area (Å²) >= 11 is 0. The van der Waals surface area contributed by atoms with Crippen LogP contribution in [0.3, 0.4) is 0 Å². The highest BCUT2D eigenvalue weighted by Crippen LogP contribution is 2.29. The second-order valence-electron chi connectivity index (χ2n) is 4.56. The number of nitrogens with zero attached hydrogens (tertiary/aromatic N) is 2. The molecule has 4 heteroatoms. The first kappa shape index (κ1) is 12.2. The van der Waals surface area contributed by atoms with Crippen molar-refractivity contribution in [3.63, 3.8) is 0 Å². The molecule has 2 heterocycles. The fraction of sp³-hybridized carbons (Fsp3) is 0.125. The Morgan fingerprint density at radius 2 is 2.20 bits per heavy atom. The van der Waals surface area contributed by atoms with Gasteiger partial charge in [-0.25, -0.2) is 0 Å². The highest BCUT2D eigenvalue weighted by Gasteiger charge is 2.15. The van der Waals surface area contributed by atoms with E-state index in [-0.39, 0.29) is 0 Å². The zero-order valence-electron chi connectivity index (χ0n) is 10.8. The number of nitrogens with two attached hydrogens (primary N) is 1. The van der Waals surface area contributed by atoms with Crippen LogP contribution in [0.4, 0.5) is 0 Å². The number of benzene rings is 1. The van der Waals surface area contributed by atoms with Gasteiger partial charge in [-0.1, -0.05) is 6.07 Å². The van der Waals surface area contributed by atoms with Crippen LogP contribution in [0.2, 0.25) is 0 Å². The summed E-state index contributed by atoms with van der Waals surface area (Å²) in [5, 5.41) is 9.36. The molecule has 20 heavy (non-hydrogen) atoms. The van der Waals surface area contributed by atoms with E-state index in [9.17, 15) is 5.26 Å². The minimum atomic E-state index is 0.442. The molecule has 1 aromatic heterocycles. The van der Waals surface area contributed by atoms with E-state index in [2.05, 4.69) is 11.1 Å². The van der Waals surface area contributed by atoms with Crippen LogP contribution in [0, 0.1) is 11.3 Å². The first-order valence-corrected chi connectivity index (χ1v) is 6.36. The van der Waals surface area contributed by atoms with E-state index < -0.39 is 0 Å². The van der Waals surface area contributed by atoms with Crippen molar-refractivity contribution in [1.82, 2.24) is 4.98 Å². The normalized spacial score (nSPS) is 13.9. The van der Waals surface area contributed by atoms with E-state index in [1.54, 1.807) is 18.5 Å². The van der Waals surface area contributed by atoms with Crippen LogP contribution >= 0.6 is 0 Å². The van der Waals surface area contributed by atoms with Crippen LogP contribution in [0.15, 0.2) is 42.7 Å². The van der Waals surface area contributed by atoms with Gasteiger partial charge in [-0.15, -0.1) is 0 Å². The molecule has 0 bridgehead atoms. The molecule has 1 aliphatic heterocycles. The minimum absolute atomic E-state index is 0.442. The molecule has 0 atom stereocenters. The molecule has 4 nitrogen and oxygen atoms in total. The molecular weight excluding hydrogens is 250 g/mol. The lowest BCUT2D eigenvalue weighted by Gasteiger charge is -2.07. The molecule has 0 radical (unpaired) electrons. The van der Waals surface area contributed by atoms with E-state index >= 15 is 0 Å². The Bertz CT molecular complexity index is 714. The molecule has 0 fully saturated rings. The minimum Gasteiger partial charge on any atom is -0.493 e. The molecule has 0 amide bonds. The first-order chi connectivity index (χ1) is 9.79. The molecular formula is C16H13N3O. The van der Waals surface area contributed by atoms with Gasteiger partial charge in [0.05, 0.1) is 17.9 Å². The van der Waals surface area contributed by atoms with Crippen molar-refractivity contribution in [2.24, 2.45) is 5.73 Å². The topological polar surface area (TPSA) is 71.9 Å². The highest BCUT2D eigenvalue weighted by atomic mass is 16.5. The van der Waals surface area contributed by atoms with E-state index in [4.69, 9.17) is 10.5 Å². The van der Waals surface area contributed by atoms with Crippen molar-refractivity contribution in [3.05, 3.63) is 59.4 Å². The van der Waals surface area contributed by atoms with Gasteiger partial charge in [-0.05, 0) is 35.4 Å². The molecule has 2 aromatic rings. The molecule has 0 spiro atoms. The second kappa shape index (κ2) is 5.06. The predicted molar refractivity (Wildman–Crippen MR) is 76.5 cm³/mol. The average molecular weight is 263 g/mol. The summed E-state index contributed by atoms with van der Waals surface area (Å²) in [6, 6.07) is 11.6. The summed E-state index contributed by atoms with van der Waals surface area (Å²) in [4.78, 5) is 4.03. The molecule has 98 valence electrons. The Morgan fingerprint density at radius 3 is 2.95 bits per heavy atom. The summed E-state index contributed by atoms with van der Waals surface area (Å²) in [5.41, 5.74) is 9.78. The lowest BCUT2D eigenvalue weighted by atomic mass is 10.00. The fourth-order valence-electron chi connectivity index (χ4n) is 2.29. The van der Waals surface area contributed by atoms with Crippen LogP contribution in [-0.4, -0.2) is 11.6 Å². The van der Waals surface area contributed by atoms with Crippen LogP contribution in [-0.2, 0) is 6.42 Å². The van der Waals surface area contributed by atoms with Crippen molar-refractivity contribution in [1.29, 1.82) is 5.26 Å². The summed E-state index contributed by atoms with van der Waals surface area (Å²) in [6.07, 6.45) is 4.19. The lowest BCUT2D eigenvalue weighted by Crippen LogP contribution is -2.01. The Hall–Kier alpha value is -2.80. The standard InChI is InChI=1S/C16H13N3O/c17-9-14(13-2-1-6-19-10-13)16(18)12-3-4-15-11(8-12)5-7-20-15/h1-4,6,8,10H,5,7,18H2/b16-14-. The number of fused-ring (bicyclic) bond motifs is 1. The van der Waals surface area contributed by atoms with Crippen molar-refractivity contribution in [2.45, 2.75) is 6.42 Å². The molecule has 0 unspecified atom stereocenters. The molecule has 3 rings (SSSR count). The van der Waals surface area contributed by atoms with E-state index in [0.717, 1.165) is 28.9 Å². The van der Waals surface area contributed by atoms with Gasteiger partial charge in [0.25, 0.3) is 0 Å². The number of hydrogen-bond donors (Lipinski definition) is 1. The lowest BCUT2D eigenvalue weighted by molar-refractivity contribution is 0.357. The zero-order valence-corrected chi connectivity index (χ0v) is 10.8. The van der Waals surface area contributed by atoms with Crippen LogP contribution in [0.5, 0.6) is 5.75 Å². The number of nitriles is 1. The SMILES string of the molecule is N#C/C(=C(/N)c1ccc2c(c1)CCO2)c1cccnc1. The van der Waals surface area contributed by atoms with E-state index in [1.807, 2.05) is 24.3 Å². The van der Waals surface area contributed by atoms with Gasteiger partial charge in [0.15, 0.2) is 0 Å². The maximum Gasteiger partial charge on any atom is 0.122 e. The van der Waals surface area contributed by atoms with Gasteiger partial charge < -0.3 is 10.5 Å². The van der Waals surface area contributed by atoms with Gasteiger partial charge in [0, 0.05) is 24.4 Å². The number of hydrogen-bond acceptors (Lipinski definition) is 4. The number of aromatic nitrogens is 1. The zero-order chi connectivity index (χ0) is 13.9. The number of pyridine rings is 1.